The molecule has 0 saturated carbocycles. The topological polar surface area (TPSA) is 50.2 Å². The molecule has 8 heteroatoms. The second-order valence-corrected chi connectivity index (χ2v) is 10.00. The molecule has 184 valence electrons. The predicted octanol–water partition coefficient (Wildman–Crippen LogP) is 6.38. The van der Waals surface area contributed by atoms with Crippen LogP contribution >= 0.6 is 23.4 Å². The maximum absolute atomic E-state index is 13.4. The summed E-state index contributed by atoms with van der Waals surface area (Å²) in [4.78, 5) is 20.9. The highest BCUT2D eigenvalue weighted by Gasteiger charge is 2.26. The minimum Gasteiger partial charge on any atom is -0.333 e. The first-order chi connectivity index (χ1) is 17.5. The molecule has 1 amide bonds. The van der Waals surface area contributed by atoms with Gasteiger partial charge in [-0.25, -0.2) is 14.2 Å². The van der Waals surface area contributed by atoms with E-state index in [0.29, 0.717) is 11.7 Å². The number of hydrogen-bond acceptors (Lipinski definition) is 4. The van der Waals surface area contributed by atoms with Crippen LogP contribution in [0.25, 0.3) is 17.0 Å². The van der Waals surface area contributed by atoms with Gasteiger partial charge in [-0.2, -0.15) is 0 Å². The minimum absolute atomic E-state index is 0.143. The first kappa shape index (κ1) is 24.6. The molecule has 1 N–H and O–H groups in total. The first-order valence-corrected chi connectivity index (χ1v) is 13.4. The van der Waals surface area contributed by atoms with Crippen molar-refractivity contribution in [1.82, 2.24) is 19.8 Å². The summed E-state index contributed by atoms with van der Waals surface area (Å²) in [6.45, 7) is 2.76. The van der Waals surface area contributed by atoms with Crippen molar-refractivity contribution in [2.45, 2.75) is 24.4 Å². The van der Waals surface area contributed by atoms with E-state index in [0.717, 1.165) is 53.8 Å². The van der Waals surface area contributed by atoms with E-state index >= 15 is 0 Å². The van der Waals surface area contributed by atoms with Crippen molar-refractivity contribution in [3.05, 3.63) is 100 Å². The summed E-state index contributed by atoms with van der Waals surface area (Å²) in [5.41, 5.74) is 5.06. The average Bonchev–Trinajstić information content (AvgIpc) is 3.21. The Kier molecular flexibility index (Phi) is 7.41. The fourth-order valence-corrected chi connectivity index (χ4v) is 5.27. The molecule has 36 heavy (non-hydrogen) atoms. The number of carbonyl (C=O) groups is 1. The number of pyridine rings is 1. The van der Waals surface area contributed by atoms with Gasteiger partial charge in [0.05, 0.1) is 5.52 Å². The molecule has 0 aliphatic carbocycles. The number of amides is 1. The number of hydrogen-bond donors (Lipinski definition) is 1. The molecule has 0 saturated heterocycles. The largest absolute Gasteiger partial charge is 0.333 e. The van der Waals surface area contributed by atoms with Crippen LogP contribution in [0.15, 0.2) is 71.8 Å². The molecule has 0 atom stereocenters. The van der Waals surface area contributed by atoms with E-state index in [1.807, 2.05) is 22.8 Å². The lowest BCUT2D eigenvalue weighted by molar-refractivity contribution is 0.240. The number of nitrogens with zero attached hydrogens (tertiary/aromatic N) is 3. The van der Waals surface area contributed by atoms with Gasteiger partial charge in [-0.05, 0) is 65.4 Å². The Bertz CT molecular complexity index is 1430. The number of benzene rings is 2. The Morgan fingerprint density at radius 1 is 1.19 bits per heavy atom. The zero-order valence-corrected chi connectivity index (χ0v) is 21.5. The third-order valence-electron chi connectivity index (χ3n) is 6.42. The third-order valence-corrected chi connectivity index (χ3v) is 7.35. The molecule has 5 nitrogen and oxygen atoms in total. The van der Waals surface area contributed by atoms with Crippen molar-refractivity contribution < 1.29 is 9.18 Å². The number of carbonyl (C=O) groups excluding carboxylic acids is 1. The average molecular weight is 521 g/mol. The van der Waals surface area contributed by atoms with Crippen LogP contribution in [-0.4, -0.2) is 39.8 Å². The standard InChI is InChI=1S/C28H26ClFN4OS/c1-36-22-8-9-25-23(16-22)24-18-33(13-2-3-19-4-6-21(30)7-5-19)14-11-26(24)34(25)28(35)32-17-20-10-12-31-27(29)15-20/h2-10,12,15-16H,11,13-14,17-18H2,1H3,(H,32,35). The summed E-state index contributed by atoms with van der Waals surface area (Å²) in [5, 5.41) is 4.57. The fourth-order valence-electron chi connectivity index (χ4n) is 4.63. The van der Waals surface area contributed by atoms with Crippen molar-refractivity contribution in [1.29, 1.82) is 0 Å². The van der Waals surface area contributed by atoms with E-state index < -0.39 is 0 Å². The van der Waals surface area contributed by atoms with Gasteiger partial charge in [0.15, 0.2) is 0 Å². The highest BCUT2D eigenvalue weighted by Crippen LogP contribution is 2.33. The zero-order chi connectivity index (χ0) is 25.1. The Morgan fingerprint density at radius 3 is 2.81 bits per heavy atom. The van der Waals surface area contributed by atoms with Crippen LogP contribution in [0.2, 0.25) is 5.15 Å². The Balaban J connectivity index is 1.38. The number of rotatable bonds is 6. The Morgan fingerprint density at radius 2 is 2.03 bits per heavy atom. The number of nitrogens with one attached hydrogen (secondary N) is 1. The second kappa shape index (κ2) is 10.9. The lowest BCUT2D eigenvalue weighted by atomic mass is 10.0. The summed E-state index contributed by atoms with van der Waals surface area (Å²) >= 11 is 7.69. The fraction of sp³-hybridized carbons (Fsp3) is 0.214. The molecule has 1 aliphatic heterocycles. The van der Waals surface area contributed by atoms with Gasteiger partial charge >= 0.3 is 6.03 Å². The summed E-state index contributed by atoms with van der Waals surface area (Å²) < 4.78 is 15.0. The van der Waals surface area contributed by atoms with Gasteiger partial charge in [-0.1, -0.05) is 35.9 Å². The van der Waals surface area contributed by atoms with Crippen molar-refractivity contribution in [3.63, 3.8) is 0 Å². The van der Waals surface area contributed by atoms with Crippen molar-refractivity contribution in [3.8, 4) is 0 Å². The first-order valence-electron chi connectivity index (χ1n) is 11.7. The lowest BCUT2D eigenvalue weighted by Crippen LogP contribution is -2.34. The maximum atomic E-state index is 13.4. The smallest absolute Gasteiger partial charge is 0.326 e. The van der Waals surface area contributed by atoms with Crippen LogP contribution < -0.4 is 5.32 Å². The lowest BCUT2D eigenvalue weighted by Gasteiger charge is -2.27. The summed E-state index contributed by atoms with van der Waals surface area (Å²) in [5.74, 6) is -0.231. The zero-order valence-electron chi connectivity index (χ0n) is 19.9. The van der Waals surface area contributed by atoms with Gasteiger partial charge in [0, 0.05) is 54.8 Å². The van der Waals surface area contributed by atoms with Crippen molar-refractivity contribution in [2.75, 3.05) is 19.3 Å². The molecule has 5 rings (SSSR count). The van der Waals surface area contributed by atoms with E-state index in [4.69, 9.17) is 11.6 Å². The second-order valence-electron chi connectivity index (χ2n) is 8.73. The summed E-state index contributed by atoms with van der Waals surface area (Å²) in [7, 11) is 0. The minimum atomic E-state index is -0.231. The molecule has 4 aromatic rings. The van der Waals surface area contributed by atoms with Gasteiger partial charge in [-0.15, -0.1) is 11.8 Å². The van der Waals surface area contributed by atoms with E-state index in [1.54, 1.807) is 36.2 Å². The van der Waals surface area contributed by atoms with Crippen LogP contribution in [0, 0.1) is 5.82 Å². The molecule has 0 fully saturated rings. The van der Waals surface area contributed by atoms with Crippen LogP contribution in [0.5, 0.6) is 0 Å². The highest BCUT2D eigenvalue weighted by atomic mass is 35.5. The number of fused-ring (bicyclic) bond motifs is 3. The van der Waals surface area contributed by atoms with E-state index in [2.05, 4.69) is 39.7 Å². The van der Waals surface area contributed by atoms with E-state index in [9.17, 15) is 9.18 Å². The van der Waals surface area contributed by atoms with Gasteiger partial charge in [0.1, 0.15) is 11.0 Å². The number of thioether (sulfide) groups is 1. The molecule has 1 aliphatic rings. The SMILES string of the molecule is CSc1ccc2c(c1)c1c(n2C(=O)NCc2ccnc(Cl)c2)CCN(CC=Cc2ccc(F)cc2)C1. The Hall–Kier alpha value is -3.13. The predicted molar refractivity (Wildman–Crippen MR) is 145 cm³/mol. The summed E-state index contributed by atoms with van der Waals surface area (Å²) in [6, 6.07) is 16.2. The molecule has 2 aromatic carbocycles. The van der Waals surface area contributed by atoms with Crippen LogP contribution in [0.3, 0.4) is 0 Å². The quantitative estimate of drug-likeness (QED) is 0.237. The van der Waals surface area contributed by atoms with Crippen LogP contribution in [-0.2, 0) is 19.5 Å². The molecule has 0 unspecified atom stereocenters. The molecule has 0 spiro atoms. The molecular formula is C28H26ClFN4OS. The molecular weight excluding hydrogens is 495 g/mol. The van der Waals surface area contributed by atoms with Gasteiger partial charge in [0.25, 0.3) is 0 Å². The Labute approximate surface area is 219 Å². The summed E-state index contributed by atoms with van der Waals surface area (Å²) in [6.07, 6.45) is 8.60. The monoisotopic (exact) mass is 520 g/mol. The van der Waals surface area contributed by atoms with Crippen LogP contribution in [0.1, 0.15) is 22.4 Å². The number of halogens is 2. The molecule has 3 heterocycles. The van der Waals surface area contributed by atoms with Gasteiger partial charge in [0.2, 0.25) is 0 Å². The third kappa shape index (κ3) is 5.33. The molecule has 0 bridgehead atoms. The molecule has 2 aromatic heterocycles. The molecule has 0 radical (unpaired) electrons. The van der Waals surface area contributed by atoms with Gasteiger partial charge < -0.3 is 5.32 Å². The highest BCUT2D eigenvalue weighted by molar-refractivity contribution is 7.98. The van der Waals surface area contributed by atoms with Gasteiger partial charge in [-0.3, -0.25) is 9.47 Å². The van der Waals surface area contributed by atoms with E-state index in [-0.39, 0.29) is 11.8 Å². The van der Waals surface area contributed by atoms with Crippen molar-refractivity contribution >= 4 is 46.4 Å². The van der Waals surface area contributed by atoms with E-state index in [1.165, 1.54) is 22.6 Å². The maximum Gasteiger partial charge on any atom is 0.326 e. The van der Waals surface area contributed by atoms with Crippen LogP contribution in [0.4, 0.5) is 9.18 Å². The van der Waals surface area contributed by atoms with Crippen molar-refractivity contribution in [2.24, 2.45) is 0 Å². The normalized spacial score (nSPS) is 13.9. The number of aromatic nitrogens is 2.